The number of carbonyl (C=O) groups is 1. The first kappa shape index (κ1) is 17.6. The summed E-state index contributed by atoms with van der Waals surface area (Å²) in [5, 5.41) is 3.75. The van der Waals surface area contributed by atoms with E-state index >= 15 is 0 Å². The number of benzene rings is 1. The summed E-state index contributed by atoms with van der Waals surface area (Å²) < 4.78 is 5.22. The van der Waals surface area contributed by atoms with Crippen LogP contribution in [0.3, 0.4) is 0 Å². The first-order valence-corrected chi connectivity index (χ1v) is 8.81. The molecule has 0 aliphatic rings. The summed E-state index contributed by atoms with van der Waals surface area (Å²) in [6, 6.07) is 15.0. The van der Waals surface area contributed by atoms with E-state index in [9.17, 15) is 4.79 Å². The molecule has 0 bridgehead atoms. The Morgan fingerprint density at radius 1 is 1.00 bits per heavy atom. The maximum Gasteiger partial charge on any atom is 0.270 e. The average molecular weight is 370 g/mol. The fourth-order valence-electron chi connectivity index (χ4n) is 2.93. The lowest BCUT2D eigenvalue weighted by Crippen LogP contribution is -2.23. The smallest absolute Gasteiger partial charge is 0.270 e. The fourth-order valence-corrected chi connectivity index (χ4v) is 2.93. The highest BCUT2D eigenvalue weighted by Crippen LogP contribution is 2.28. The number of carbonyl (C=O) groups excluding carboxylic acids is 1. The number of methoxy groups -OCH3 is 1. The van der Waals surface area contributed by atoms with Gasteiger partial charge in [0.1, 0.15) is 11.4 Å². The molecule has 4 aromatic rings. The van der Waals surface area contributed by atoms with E-state index in [1.54, 1.807) is 38.0 Å². The van der Waals surface area contributed by atoms with Crippen LogP contribution < -0.4 is 10.1 Å². The molecule has 0 aliphatic carbocycles. The number of hydrogen-bond donors (Lipinski definition) is 1. The zero-order valence-electron chi connectivity index (χ0n) is 15.3. The molecule has 0 aliphatic heterocycles. The molecule has 3 aromatic heterocycles. The Morgan fingerprint density at radius 2 is 1.86 bits per heavy atom. The van der Waals surface area contributed by atoms with Gasteiger partial charge in [-0.15, -0.1) is 0 Å². The predicted molar refractivity (Wildman–Crippen MR) is 107 cm³/mol. The molecule has 28 heavy (non-hydrogen) atoms. The van der Waals surface area contributed by atoms with Gasteiger partial charge in [0.2, 0.25) is 0 Å². The van der Waals surface area contributed by atoms with Crippen LogP contribution in [-0.4, -0.2) is 28.0 Å². The van der Waals surface area contributed by atoms with Gasteiger partial charge >= 0.3 is 0 Å². The normalized spacial score (nSPS) is 10.6. The highest BCUT2D eigenvalue weighted by Gasteiger charge is 2.12. The van der Waals surface area contributed by atoms with E-state index in [0.29, 0.717) is 12.2 Å². The molecule has 1 aromatic carbocycles. The third-order valence-corrected chi connectivity index (χ3v) is 4.41. The van der Waals surface area contributed by atoms with E-state index in [-0.39, 0.29) is 5.91 Å². The number of aromatic nitrogens is 3. The van der Waals surface area contributed by atoms with E-state index < -0.39 is 0 Å². The molecule has 0 spiro atoms. The molecule has 0 saturated carbocycles. The van der Waals surface area contributed by atoms with Crippen LogP contribution in [0.1, 0.15) is 16.1 Å². The number of rotatable bonds is 5. The Kier molecular flexibility index (Phi) is 4.93. The van der Waals surface area contributed by atoms with Crippen LogP contribution in [0.2, 0.25) is 0 Å². The summed E-state index contributed by atoms with van der Waals surface area (Å²) in [6.07, 6.45) is 6.92. The molecule has 0 unspecified atom stereocenters. The molecular weight excluding hydrogens is 352 g/mol. The van der Waals surface area contributed by atoms with Crippen LogP contribution in [0.25, 0.3) is 22.0 Å². The Hall–Kier alpha value is -3.80. The fraction of sp³-hybridized carbons (Fsp3) is 0.0909. The molecule has 138 valence electrons. The van der Waals surface area contributed by atoms with Crippen molar-refractivity contribution in [2.24, 2.45) is 0 Å². The first-order chi connectivity index (χ1) is 13.7. The highest BCUT2D eigenvalue weighted by molar-refractivity contribution is 5.98. The second kappa shape index (κ2) is 7.84. The second-order valence-corrected chi connectivity index (χ2v) is 6.23. The van der Waals surface area contributed by atoms with Gasteiger partial charge in [0.15, 0.2) is 0 Å². The van der Waals surface area contributed by atoms with Crippen molar-refractivity contribution in [3.05, 3.63) is 84.6 Å². The van der Waals surface area contributed by atoms with Crippen molar-refractivity contribution in [2.45, 2.75) is 6.54 Å². The molecule has 0 atom stereocenters. The van der Waals surface area contributed by atoms with Crippen molar-refractivity contribution in [2.75, 3.05) is 7.11 Å². The Bertz CT molecular complexity index is 1110. The van der Waals surface area contributed by atoms with Gasteiger partial charge in [-0.05, 0) is 41.5 Å². The van der Waals surface area contributed by atoms with Crippen LogP contribution in [0.4, 0.5) is 0 Å². The molecule has 6 nitrogen and oxygen atoms in total. The van der Waals surface area contributed by atoms with Crippen LogP contribution in [-0.2, 0) is 6.54 Å². The average Bonchev–Trinajstić information content (AvgIpc) is 2.77. The summed E-state index contributed by atoms with van der Waals surface area (Å²) in [4.78, 5) is 25.5. The van der Waals surface area contributed by atoms with Crippen LogP contribution in [0.5, 0.6) is 5.75 Å². The molecule has 1 amide bonds. The SMILES string of the molecule is COc1ccc(-c2cncc3ccc(C(=O)NCc4cccnc4)nc23)cc1. The number of nitrogens with one attached hydrogen (secondary N) is 1. The number of fused-ring (bicyclic) bond motifs is 1. The lowest BCUT2D eigenvalue weighted by molar-refractivity contribution is 0.0946. The number of amides is 1. The monoisotopic (exact) mass is 370 g/mol. The molecule has 1 N–H and O–H groups in total. The molecular formula is C22H18N4O2. The zero-order chi connectivity index (χ0) is 19.3. The summed E-state index contributed by atoms with van der Waals surface area (Å²) in [7, 11) is 1.63. The molecule has 0 radical (unpaired) electrons. The molecule has 6 heteroatoms. The Morgan fingerprint density at radius 3 is 2.61 bits per heavy atom. The van der Waals surface area contributed by atoms with Crippen LogP contribution in [0.15, 0.2) is 73.3 Å². The minimum Gasteiger partial charge on any atom is -0.497 e. The van der Waals surface area contributed by atoms with Gasteiger partial charge in [0.25, 0.3) is 5.91 Å². The Labute approximate surface area is 162 Å². The van der Waals surface area contributed by atoms with E-state index in [1.807, 2.05) is 42.5 Å². The van der Waals surface area contributed by atoms with Gasteiger partial charge in [0.05, 0.1) is 12.6 Å². The van der Waals surface area contributed by atoms with E-state index in [4.69, 9.17) is 4.74 Å². The quantitative estimate of drug-likeness (QED) is 0.580. The number of hydrogen-bond acceptors (Lipinski definition) is 5. The van der Waals surface area contributed by atoms with Gasteiger partial charge in [-0.2, -0.15) is 0 Å². The number of nitrogens with zero attached hydrogens (tertiary/aromatic N) is 3. The minimum absolute atomic E-state index is 0.233. The van der Waals surface area contributed by atoms with Crippen molar-refractivity contribution >= 4 is 16.8 Å². The van der Waals surface area contributed by atoms with Crippen molar-refractivity contribution in [1.29, 1.82) is 0 Å². The van der Waals surface area contributed by atoms with Crippen molar-refractivity contribution in [3.8, 4) is 16.9 Å². The van der Waals surface area contributed by atoms with E-state index in [2.05, 4.69) is 20.3 Å². The molecule has 3 heterocycles. The number of pyridine rings is 3. The first-order valence-electron chi connectivity index (χ1n) is 8.81. The van der Waals surface area contributed by atoms with Gasteiger partial charge in [-0.25, -0.2) is 4.98 Å². The minimum atomic E-state index is -0.233. The molecule has 0 saturated heterocycles. The maximum absolute atomic E-state index is 12.6. The van der Waals surface area contributed by atoms with E-state index in [0.717, 1.165) is 33.3 Å². The second-order valence-electron chi connectivity index (χ2n) is 6.23. The summed E-state index contributed by atoms with van der Waals surface area (Å²) in [5.74, 6) is 0.545. The maximum atomic E-state index is 12.6. The van der Waals surface area contributed by atoms with Gasteiger partial charge < -0.3 is 10.1 Å². The predicted octanol–water partition coefficient (Wildman–Crippen LogP) is 3.63. The van der Waals surface area contributed by atoms with Crippen LogP contribution >= 0.6 is 0 Å². The Balaban J connectivity index is 1.64. The van der Waals surface area contributed by atoms with Gasteiger partial charge in [-0.1, -0.05) is 18.2 Å². The third-order valence-electron chi connectivity index (χ3n) is 4.41. The van der Waals surface area contributed by atoms with Gasteiger partial charge in [0, 0.05) is 42.3 Å². The number of ether oxygens (including phenoxy) is 1. The lowest BCUT2D eigenvalue weighted by Gasteiger charge is -2.09. The van der Waals surface area contributed by atoms with Crippen molar-refractivity contribution < 1.29 is 9.53 Å². The van der Waals surface area contributed by atoms with Gasteiger partial charge in [-0.3, -0.25) is 14.8 Å². The summed E-state index contributed by atoms with van der Waals surface area (Å²) in [6.45, 7) is 0.397. The van der Waals surface area contributed by atoms with Crippen molar-refractivity contribution in [1.82, 2.24) is 20.3 Å². The zero-order valence-corrected chi connectivity index (χ0v) is 15.3. The summed E-state index contributed by atoms with van der Waals surface area (Å²) in [5.41, 5.74) is 3.84. The highest BCUT2D eigenvalue weighted by atomic mass is 16.5. The van der Waals surface area contributed by atoms with Crippen molar-refractivity contribution in [3.63, 3.8) is 0 Å². The summed E-state index contributed by atoms with van der Waals surface area (Å²) >= 11 is 0. The molecule has 0 fully saturated rings. The standard InChI is InChI=1S/C22H18N4O2/c1-28-18-7-4-16(5-8-18)19-14-24-13-17-6-9-20(26-21(17)19)22(27)25-12-15-3-2-10-23-11-15/h2-11,13-14H,12H2,1H3,(H,25,27). The third kappa shape index (κ3) is 3.66. The molecule has 4 rings (SSSR count). The van der Waals surface area contributed by atoms with E-state index in [1.165, 1.54) is 0 Å². The lowest BCUT2D eigenvalue weighted by atomic mass is 10.0. The van der Waals surface area contributed by atoms with Crippen LogP contribution in [0, 0.1) is 0 Å². The largest absolute Gasteiger partial charge is 0.497 e. The topological polar surface area (TPSA) is 77.0 Å².